The fourth-order valence-electron chi connectivity index (χ4n) is 3.03. The molecule has 0 bridgehead atoms. The van der Waals surface area contributed by atoms with Gasteiger partial charge in [-0.15, -0.1) is 0 Å². The second kappa shape index (κ2) is 9.30. The van der Waals surface area contributed by atoms with Crippen LogP contribution in [0, 0.1) is 5.92 Å². The number of aliphatic imine (C=N–C) groups is 1. The zero-order valence-corrected chi connectivity index (χ0v) is 15.8. The van der Waals surface area contributed by atoms with E-state index in [0.717, 1.165) is 42.8 Å². The molecule has 1 unspecified atom stereocenters. The number of rotatable bonds is 4. The highest BCUT2D eigenvalue weighted by molar-refractivity contribution is 5.89. The number of benzene rings is 1. The first-order valence-corrected chi connectivity index (χ1v) is 9.10. The minimum absolute atomic E-state index is 0.118. The number of amides is 2. The van der Waals surface area contributed by atoms with Crippen molar-refractivity contribution in [2.45, 2.75) is 46.2 Å². The lowest BCUT2D eigenvalue weighted by Crippen LogP contribution is -2.45. The van der Waals surface area contributed by atoms with Crippen LogP contribution >= 0.6 is 0 Å². The number of piperidine rings is 1. The van der Waals surface area contributed by atoms with Gasteiger partial charge < -0.3 is 20.9 Å². The van der Waals surface area contributed by atoms with E-state index in [2.05, 4.69) is 32.8 Å². The highest BCUT2D eigenvalue weighted by Crippen LogP contribution is 2.15. The Morgan fingerprint density at radius 3 is 2.64 bits per heavy atom. The molecule has 1 aliphatic rings. The largest absolute Gasteiger partial charge is 0.352 e. The molecule has 0 radical (unpaired) electrons. The minimum atomic E-state index is -0.180. The van der Waals surface area contributed by atoms with Crippen LogP contribution in [0.15, 0.2) is 29.3 Å². The number of hydrogen-bond donors (Lipinski definition) is 3. The number of anilines is 1. The monoisotopic (exact) mass is 345 g/mol. The Morgan fingerprint density at radius 2 is 2.04 bits per heavy atom. The molecule has 0 aliphatic carbocycles. The van der Waals surface area contributed by atoms with Crippen molar-refractivity contribution in [1.82, 2.24) is 15.5 Å². The Bertz CT molecular complexity index is 582. The zero-order valence-electron chi connectivity index (χ0n) is 15.8. The molecule has 1 aromatic carbocycles. The van der Waals surface area contributed by atoms with Crippen molar-refractivity contribution in [2.24, 2.45) is 10.9 Å². The molecule has 1 fully saturated rings. The summed E-state index contributed by atoms with van der Waals surface area (Å²) in [5, 5.41) is 9.08. The van der Waals surface area contributed by atoms with Crippen LogP contribution in [0.5, 0.6) is 0 Å². The molecule has 3 N–H and O–H groups in total. The maximum atomic E-state index is 11.7. The Hall–Kier alpha value is -2.24. The van der Waals surface area contributed by atoms with Crippen molar-refractivity contribution >= 4 is 17.7 Å². The quantitative estimate of drug-likeness (QED) is 0.580. The third-order valence-electron chi connectivity index (χ3n) is 4.25. The number of nitrogens with zero attached hydrogens (tertiary/aromatic N) is 2. The number of carbonyl (C=O) groups excluding carboxylic acids is 1. The fraction of sp³-hybridized carbons (Fsp3) is 0.579. The molecule has 0 spiro atoms. The van der Waals surface area contributed by atoms with E-state index in [4.69, 9.17) is 0 Å². The van der Waals surface area contributed by atoms with Crippen LogP contribution < -0.4 is 16.0 Å². The summed E-state index contributed by atoms with van der Waals surface area (Å²) >= 11 is 0. The van der Waals surface area contributed by atoms with Crippen LogP contribution in [-0.2, 0) is 6.54 Å². The molecule has 1 saturated heterocycles. The molecule has 25 heavy (non-hydrogen) atoms. The van der Waals surface area contributed by atoms with Crippen molar-refractivity contribution in [3.8, 4) is 0 Å². The second-order valence-electron chi connectivity index (χ2n) is 7.04. The van der Waals surface area contributed by atoms with E-state index in [9.17, 15) is 4.79 Å². The Kier molecular flexibility index (Phi) is 7.10. The topological polar surface area (TPSA) is 68.8 Å². The summed E-state index contributed by atoms with van der Waals surface area (Å²) in [7, 11) is 1.84. The summed E-state index contributed by atoms with van der Waals surface area (Å²) in [5.41, 5.74) is 1.94. The lowest BCUT2D eigenvalue weighted by molar-refractivity contribution is 0.250. The predicted molar refractivity (Wildman–Crippen MR) is 104 cm³/mol. The molecule has 1 heterocycles. The highest BCUT2D eigenvalue weighted by Gasteiger charge is 2.18. The number of hydrogen-bond acceptors (Lipinski definition) is 2. The van der Waals surface area contributed by atoms with E-state index in [1.54, 1.807) is 0 Å². The first kappa shape index (κ1) is 19.1. The van der Waals surface area contributed by atoms with Crippen LogP contribution in [-0.4, -0.2) is 43.1 Å². The van der Waals surface area contributed by atoms with Crippen molar-refractivity contribution in [1.29, 1.82) is 0 Å². The number of urea groups is 1. The lowest BCUT2D eigenvalue weighted by atomic mass is 10.0. The van der Waals surface area contributed by atoms with Gasteiger partial charge in [0, 0.05) is 38.4 Å². The SMILES string of the molecule is CN=C(NCc1ccc(NC(=O)NC(C)C)cc1)N1CCCC(C)C1. The number of nitrogens with one attached hydrogen (secondary N) is 3. The van der Waals surface area contributed by atoms with Crippen molar-refractivity contribution in [2.75, 3.05) is 25.5 Å². The molecular formula is C19H31N5O. The molecule has 6 nitrogen and oxygen atoms in total. The van der Waals surface area contributed by atoms with Gasteiger partial charge in [0.15, 0.2) is 5.96 Å². The van der Waals surface area contributed by atoms with Gasteiger partial charge in [-0.2, -0.15) is 0 Å². The summed E-state index contributed by atoms with van der Waals surface area (Å²) in [6, 6.07) is 7.81. The van der Waals surface area contributed by atoms with E-state index in [-0.39, 0.29) is 12.1 Å². The summed E-state index contributed by atoms with van der Waals surface area (Å²) < 4.78 is 0. The van der Waals surface area contributed by atoms with Crippen LogP contribution in [0.2, 0.25) is 0 Å². The highest BCUT2D eigenvalue weighted by atomic mass is 16.2. The minimum Gasteiger partial charge on any atom is -0.352 e. The van der Waals surface area contributed by atoms with Crippen LogP contribution in [0.3, 0.4) is 0 Å². The third kappa shape index (κ3) is 6.29. The van der Waals surface area contributed by atoms with Gasteiger partial charge in [0.1, 0.15) is 0 Å². The number of guanidine groups is 1. The van der Waals surface area contributed by atoms with Gasteiger partial charge in [0.05, 0.1) is 0 Å². The first-order valence-electron chi connectivity index (χ1n) is 9.10. The van der Waals surface area contributed by atoms with Gasteiger partial charge in [0.25, 0.3) is 0 Å². The molecule has 2 rings (SSSR count). The summed E-state index contributed by atoms with van der Waals surface area (Å²) in [5.74, 6) is 1.68. The van der Waals surface area contributed by atoms with E-state index in [1.807, 2.05) is 45.2 Å². The van der Waals surface area contributed by atoms with Gasteiger partial charge in [-0.25, -0.2) is 4.79 Å². The molecule has 1 atom stereocenters. The molecule has 1 aromatic rings. The molecule has 0 saturated carbocycles. The van der Waals surface area contributed by atoms with Crippen molar-refractivity contribution in [3.63, 3.8) is 0 Å². The summed E-state index contributed by atoms with van der Waals surface area (Å²) in [6.07, 6.45) is 2.52. The van der Waals surface area contributed by atoms with Gasteiger partial charge in [0.2, 0.25) is 0 Å². The molecule has 1 aliphatic heterocycles. The molecule has 138 valence electrons. The van der Waals surface area contributed by atoms with Crippen LogP contribution in [0.1, 0.15) is 39.2 Å². The normalized spacial score (nSPS) is 18.2. The van der Waals surface area contributed by atoms with Gasteiger partial charge in [-0.1, -0.05) is 19.1 Å². The Morgan fingerprint density at radius 1 is 1.32 bits per heavy atom. The van der Waals surface area contributed by atoms with Gasteiger partial charge >= 0.3 is 6.03 Å². The van der Waals surface area contributed by atoms with E-state index >= 15 is 0 Å². The number of likely N-dealkylation sites (tertiary alicyclic amines) is 1. The van der Waals surface area contributed by atoms with Gasteiger partial charge in [-0.3, -0.25) is 4.99 Å². The van der Waals surface area contributed by atoms with Gasteiger partial charge in [-0.05, 0) is 50.3 Å². The standard InChI is InChI=1S/C19H31N5O/c1-14(2)22-19(25)23-17-9-7-16(8-10-17)12-21-18(20-4)24-11-5-6-15(3)13-24/h7-10,14-15H,5-6,11-13H2,1-4H3,(H,20,21)(H2,22,23,25). The molecule has 6 heteroatoms. The summed E-state index contributed by atoms with van der Waals surface area (Å²) in [6.45, 7) is 9.01. The fourth-order valence-corrected chi connectivity index (χ4v) is 3.03. The molecular weight excluding hydrogens is 314 g/mol. The Labute approximate surface area is 151 Å². The Balaban J connectivity index is 1.85. The summed E-state index contributed by atoms with van der Waals surface area (Å²) in [4.78, 5) is 18.5. The molecule has 2 amide bonds. The maximum absolute atomic E-state index is 11.7. The molecule has 0 aromatic heterocycles. The van der Waals surface area contributed by atoms with E-state index in [1.165, 1.54) is 12.8 Å². The van der Waals surface area contributed by atoms with Crippen LogP contribution in [0.25, 0.3) is 0 Å². The maximum Gasteiger partial charge on any atom is 0.319 e. The average molecular weight is 345 g/mol. The zero-order chi connectivity index (χ0) is 18.2. The smallest absolute Gasteiger partial charge is 0.319 e. The van der Waals surface area contributed by atoms with Crippen LogP contribution in [0.4, 0.5) is 10.5 Å². The number of carbonyl (C=O) groups is 1. The van der Waals surface area contributed by atoms with Crippen molar-refractivity contribution < 1.29 is 4.79 Å². The van der Waals surface area contributed by atoms with E-state index < -0.39 is 0 Å². The van der Waals surface area contributed by atoms with Crippen molar-refractivity contribution in [3.05, 3.63) is 29.8 Å². The lowest BCUT2D eigenvalue weighted by Gasteiger charge is -2.33. The first-order chi connectivity index (χ1) is 12.0. The average Bonchev–Trinajstić information content (AvgIpc) is 2.56. The van der Waals surface area contributed by atoms with E-state index in [0.29, 0.717) is 0 Å². The predicted octanol–water partition coefficient (Wildman–Crippen LogP) is 3.02. The second-order valence-corrected chi connectivity index (χ2v) is 7.04. The third-order valence-corrected chi connectivity index (χ3v) is 4.25.